The second kappa shape index (κ2) is 5.42. The molecule has 0 bridgehead atoms. The minimum atomic E-state index is -0.933. The number of hydrogen-bond acceptors (Lipinski definition) is 3. The average molecular weight is 243 g/mol. The quantitative estimate of drug-likeness (QED) is 0.896. The number of pyridine rings is 1. The number of ether oxygens (including phenoxy) is 1. The normalized spacial score (nSPS) is 12.1. The number of aromatic carboxylic acids is 1. The fourth-order valence-corrected chi connectivity index (χ4v) is 1.80. The highest BCUT2D eigenvalue weighted by Crippen LogP contribution is 2.24. The van der Waals surface area contributed by atoms with Gasteiger partial charge >= 0.3 is 5.97 Å². The summed E-state index contributed by atoms with van der Waals surface area (Å²) in [6.45, 7) is 0. The van der Waals surface area contributed by atoms with Gasteiger partial charge in [0.2, 0.25) is 0 Å². The third kappa shape index (κ3) is 2.55. The SMILES string of the molecule is COC(c1ccc(C(=O)O)cc1)c1cccnc1. The Kier molecular flexibility index (Phi) is 3.69. The van der Waals surface area contributed by atoms with E-state index in [0.29, 0.717) is 0 Å². The molecule has 1 unspecified atom stereocenters. The molecule has 1 atom stereocenters. The van der Waals surface area contributed by atoms with Crippen molar-refractivity contribution in [1.82, 2.24) is 4.98 Å². The monoisotopic (exact) mass is 243 g/mol. The molecule has 0 spiro atoms. The fourth-order valence-electron chi connectivity index (χ4n) is 1.80. The smallest absolute Gasteiger partial charge is 0.335 e. The van der Waals surface area contributed by atoms with Gasteiger partial charge in [0.05, 0.1) is 5.56 Å². The Hall–Kier alpha value is -2.20. The molecule has 1 N–H and O–H groups in total. The largest absolute Gasteiger partial charge is 0.478 e. The van der Waals surface area contributed by atoms with Gasteiger partial charge in [-0.25, -0.2) is 4.79 Å². The lowest BCUT2D eigenvalue weighted by atomic mass is 10.0. The van der Waals surface area contributed by atoms with Crippen LogP contribution >= 0.6 is 0 Å². The van der Waals surface area contributed by atoms with Crippen LogP contribution in [0.4, 0.5) is 0 Å². The molecule has 1 aromatic heterocycles. The Morgan fingerprint density at radius 2 is 1.94 bits per heavy atom. The first-order valence-electron chi connectivity index (χ1n) is 5.48. The number of carboxylic acids is 1. The molecule has 0 saturated heterocycles. The molecule has 1 heterocycles. The molecule has 1 aromatic carbocycles. The van der Waals surface area contributed by atoms with E-state index in [4.69, 9.17) is 9.84 Å². The van der Waals surface area contributed by atoms with Crippen LogP contribution in [0.3, 0.4) is 0 Å². The van der Waals surface area contributed by atoms with Gasteiger partial charge in [0.1, 0.15) is 6.10 Å². The summed E-state index contributed by atoms with van der Waals surface area (Å²) in [7, 11) is 1.61. The molecule has 0 aliphatic rings. The van der Waals surface area contributed by atoms with E-state index in [1.54, 1.807) is 43.8 Å². The fraction of sp³-hybridized carbons (Fsp3) is 0.143. The van der Waals surface area contributed by atoms with Gasteiger partial charge in [-0.15, -0.1) is 0 Å². The Morgan fingerprint density at radius 3 is 2.44 bits per heavy atom. The lowest BCUT2D eigenvalue weighted by Gasteiger charge is -2.15. The van der Waals surface area contributed by atoms with Gasteiger partial charge in [0, 0.05) is 25.1 Å². The predicted molar refractivity (Wildman–Crippen MR) is 66.5 cm³/mol. The summed E-state index contributed by atoms with van der Waals surface area (Å²) in [4.78, 5) is 14.8. The number of benzene rings is 1. The van der Waals surface area contributed by atoms with Crippen LogP contribution < -0.4 is 0 Å². The summed E-state index contributed by atoms with van der Waals surface area (Å²) >= 11 is 0. The molecule has 0 amide bonds. The first-order valence-corrected chi connectivity index (χ1v) is 5.48. The molecule has 2 rings (SSSR count). The predicted octanol–water partition coefficient (Wildman–Crippen LogP) is 2.52. The Labute approximate surface area is 105 Å². The van der Waals surface area contributed by atoms with Gasteiger partial charge in [-0.05, 0) is 23.8 Å². The van der Waals surface area contributed by atoms with Crippen LogP contribution in [0.5, 0.6) is 0 Å². The second-order valence-electron chi connectivity index (χ2n) is 3.83. The zero-order valence-corrected chi connectivity index (χ0v) is 9.91. The molecule has 4 heteroatoms. The Balaban J connectivity index is 2.31. The van der Waals surface area contributed by atoms with Crippen molar-refractivity contribution in [3.05, 3.63) is 65.5 Å². The van der Waals surface area contributed by atoms with Crippen LogP contribution in [0.15, 0.2) is 48.8 Å². The molecule has 18 heavy (non-hydrogen) atoms. The maximum Gasteiger partial charge on any atom is 0.335 e. The van der Waals surface area contributed by atoms with Crippen molar-refractivity contribution < 1.29 is 14.6 Å². The van der Waals surface area contributed by atoms with E-state index in [2.05, 4.69) is 4.98 Å². The second-order valence-corrected chi connectivity index (χ2v) is 3.83. The third-order valence-electron chi connectivity index (χ3n) is 2.68. The highest BCUT2D eigenvalue weighted by atomic mass is 16.5. The van der Waals surface area contributed by atoms with E-state index in [9.17, 15) is 4.79 Å². The van der Waals surface area contributed by atoms with E-state index < -0.39 is 5.97 Å². The van der Waals surface area contributed by atoms with Crippen molar-refractivity contribution in [2.75, 3.05) is 7.11 Å². The Bertz CT molecular complexity index is 522. The number of nitrogens with zero attached hydrogens (tertiary/aromatic N) is 1. The number of hydrogen-bond donors (Lipinski definition) is 1. The van der Waals surface area contributed by atoms with Crippen LogP contribution in [0.1, 0.15) is 27.6 Å². The lowest BCUT2D eigenvalue weighted by molar-refractivity contribution is 0.0696. The number of carboxylic acid groups (broad SMARTS) is 1. The van der Waals surface area contributed by atoms with Crippen molar-refractivity contribution in [3.63, 3.8) is 0 Å². The highest BCUT2D eigenvalue weighted by molar-refractivity contribution is 5.87. The first-order chi connectivity index (χ1) is 8.72. The standard InChI is InChI=1S/C14H13NO3/c1-18-13(12-3-2-8-15-9-12)10-4-6-11(7-5-10)14(16)17/h2-9,13H,1H3,(H,16,17). The molecular formula is C14H13NO3. The minimum absolute atomic E-state index is 0.235. The summed E-state index contributed by atoms with van der Waals surface area (Å²) < 4.78 is 5.44. The molecular weight excluding hydrogens is 230 g/mol. The van der Waals surface area contributed by atoms with Gasteiger partial charge in [0.15, 0.2) is 0 Å². The molecule has 4 nitrogen and oxygen atoms in total. The molecule has 0 aliphatic carbocycles. The van der Waals surface area contributed by atoms with Crippen molar-refractivity contribution in [2.45, 2.75) is 6.10 Å². The highest BCUT2D eigenvalue weighted by Gasteiger charge is 2.13. The number of aromatic nitrogens is 1. The van der Waals surface area contributed by atoms with Crippen molar-refractivity contribution in [2.24, 2.45) is 0 Å². The minimum Gasteiger partial charge on any atom is -0.478 e. The van der Waals surface area contributed by atoms with E-state index in [1.807, 2.05) is 12.1 Å². The zero-order chi connectivity index (χ0) is 13.0. The number of rotatable bonds is 4. The Morgan fingerprint density at radius 1 is 1.22 bits per heavy atom. The first kappa shape index (κ1) is 12.3. The zero-order valence-electron chi connectivity index (χ0n) is 9.91. The summed E-state index contributed by atoms with van der Waals surface area (Å²) in [5.41, 5.74) is 2.10. The number of methoxy groups -OCH3 is 1. The summed E-state index contributed by atoms with van der Waals surface area (Å²) in [6, 6.07) is 10.4. The van der Waals surface area contributed by atoms with E-state index in [0.717, 1.165) is 11.1 Å². The van der Waals surface area contributed by atoms with Crippen LogP contribution in [0.25, 0.3) is 0 Å². The van der Waals surface area contributed by atoms with Crippen LogP contribution in [-0.2, 0) is 4.74 Å². The van der Waals surface area contributed by atoms with E-state index >= 15 is 0 Å². The van der Waals surface area contributed by atoms with Crippen LogP contribution in [0.2, 0.25) is 0 Å². The molecule has 0 saturated carbocycles. The average Bonchev–Trinajstić information content (AvgIpc) is 2.41. The molecule has 92 valence electrons. The molecule has 2 aromatic rings. The number of carbonyl (C=O) groups is 1. The summed E-state index contributed by atoms with van der Waals surface area (Å²) in [5.74, 6) is -0.933. The van der Waals surface area contributed by atoms with Crippen molar-refractivity contribution in [1.29, 1.82) is 0 Å². The van der Waals surface area contributed by atoms with E-state index in [-0.39, 0.29) is 11.7 Å². The molecule has 0 fully saturated rings. The van der Waals surface area contributed by atoms with Gasteiger partial charge in [-0.1, -0.05) is 18.2 Å². The van der Waals surface area contributed by atoms with Crippen LogP contribution in [-0.4, -0.2) is 23.2 Å². The van der Waals surface area contributed by atoms with Gasteiger partial charge in [-0.2, -0.15) is 0 Å². The molecule has 0 aliphatic heterocycles. The summed E-state index contributed by atoms with van der Waals surface area (Å²) in [6.07, 6.45) is 3.20. The van der Waals surface area contributed by atoms with Crippen molar-refractivity contribution >= 4 is 5.97 Å². The topological polar surface area (TPSA) is 59.4 Å². The van der Waals surface area contributed by atoms with Gasteiger partial charge < -0.3 is 9.84 Å². The van der Waals surface area contributed by atoms with Crippen molar-refractivity contribution in [3.8, 4) is 0 Å². The van der Waals surface area contributed by atoms with Gasteiger partial charge in [0.25, 0.3) is 0 Å². The van der Waals surface area contributed by atoms with Crippen LogP contribution in [0, 0.1) is 0 Å². The van der Waals surface area contributed by atoms with Gasteiger partial charge in [-0.3, -0.25) is 4.98 Å². The maximum atomic E-state index is 10.8. The molecule has 0 radical (unpaired) electrons. The summed E-state index contributed by atoms with van der Waals surface area (Å²) in [5, 5.41) is 8.85. The third-order valence-corrected chi connectivity index (χ3v) is 2.68. The van der Waals surface area contributed by atoms with E-state index in [1.165, 1.54) is 0 Å². The maximum absolute atomic E-state index is 10.8. The lowest BCUT2D eigenvalue weighted by Crippen LogP contribution is -2.04.